The van der Waals surface area contributed by atoms with E-state index in [9.17, 15) is 9.65 Å². The Labute approximate surface area is 132 Å². The van der Waals surface area contributed by atoms with Crippen molar-refractivity contribution in [3.8, 4) is 11.8 Å². The molecule has 6 heteroatoms. The minimum atomic E-state index is -0.419. The number of H-pyrrole nitrogens is 1. The molecule has 0 aromatic carbocycles. The number of nitrogens with one attached hydrogen (secondary N) is 1. The van der Waals surface area contributed by atoms with Crippen LogP contribution < -0.4 is 4.74 Å². The predicted octanol–water partition coefficient (Wildman–Crippen LogP) is 3.83. The van der Waals surface area contributed by atoms with Gasteiger partial charge in [-0.15, -0.1) is 0 Å². The van der Waals surface area contributed by atoms with Gasteiger partial charge in [0.15, 0.2) is 11.4 Å². The molecule has 0 bridgehead atoms. The molecule has 0 saturated heterocycles. The Balaban J connectivity index is 1.93. The predicted molar refractivity (Wildman–Crippen MR) is 83.6 cm³/mol. The number of nitriles is 1. The summed E-state index contributed by atoms with van der Waals surface area (Å²) in [6, 6.07) is 3.49. The van der Waals surface area contributed by atoms with Gasteiger partial charge in [-0.1, -0.05) is 6.42 Å². The minimum Gasteiger partial charge on any atom is -0.487 e. The van der Waals surface area contributed by atoms with E-state index in [1.807, 2.05) is 0 Å². The summed E-state index contributed by atoms with van der Waals surface area (Å²) in [7, 11) is 0. The number of nitrogens with zero attached hydrogens (tertiary/aromatic N) is 3. The Morgan fingerprint density at radius 3 is 2.83 bits per heavy atom. The number of ether oxygens (including phenoxy) is 1. The fourth-order valence-corrected chi connectivity index (χ4v) is 3.26. The molecule has 3 heterocycles. The van der Waals surface area contributed by atoms with Gasteiger partial charge in [0, 0.05) is 5.39 Å². The summed E-state index contributed by atoms with van der Waals surface area (Å²) in [6.45, 7) is 0. The zero-order chi connectivity index (χ0) is 15.8. The summed E-state index contributed by atoms with van der Waals surface area (Å²) < 4.78 is 19.8. The quantitative estimate of drug-likeness (QED) is 0.780. The van der Waals surface area contributed by atoms with Gasteiger partial charge in [-0.25, -0.2) is 14.4 Å². The number of aromatic nitrogens is 3. The number of fused-ring (bicyclic) bond motifs is 3. The fourth-order valence-electron chi connectivity index (χ4n) is 3.26. The first-order chi connectivity index (χ1) is 11.3. The number of rotatable bonds is 2. The SMILES string of the molecule is N#Cc1ncc2[nH]c3ncc(F)cc3c2c1OC1CCCCC1. The molecule has 4 rings (SSSR count). The first-order valence-electron chi connectivity index (χ1n) is 7.79. The van der Waals surface area contributed by atoms with Crippen molar-refractivity contribution < 1.29 is 9.13 Å². The monoisotopic (exact) mass is 310 g/mol. The fraction of sp³-hybridized carbons (Fsp3) is 0.353. The molecule has 0 aliphatic heterocycles. The minimum absolute atomic E-state index is 0.0784. The smallest absolute Gasteiger partial charge is 0.183 e. The first kappa shape index (κ1) is 13.9. The molecule has 1 aliphatic rings. The van der Waals surface area contributed by atoms with Gasteiger partial charge in [-0.3, -0.25) is 0 Å². The average Bonchev–Trinajstić information content (AvgIpc) is 2.94. The normalized spacial score (nSPS) is 15.8. The molecule has 1 saturated carbocycles. The summed E-state index contributed by atoms with van der Waals surface area (Å²) in [5.74, 6) is 0.0212. The number of halogens is 1. The maximum atomic E-state index is 13.6. The third-order valence-corrected chi connectivity index (χ3v) is 4.35. The lowest BCUT2D eigenvalue weighted by Gasteiger charge is -2.23. The van der Waals surface area contributed by atoms with Crippen LogP contribution in [0.1, 0.15) is 37.8 Å². The van der Waals surface area contributed by atoms with Crippen LogP contribution in [-0.4, -0.2) is 21.1 Å². The lowest BCUT2D eigenvalue weighted by Crippen LogP contribution is -2.20. The lowest BCUT2D eigenvalue weighted by atomic mass is 9.97. The van der Waals surface area contributed by atoms with Gasteiger partial charge < -0.3 is 9.72 Å². The standard InChI is InChI=1S/C17H15FN4O/c18-10-6-12-15-14(22-17(12)21-8-10)9-20-13(7-19)16(15)23-11-4-2-1-3-5-11/h6,8-9,11H,1-5H2,(H,21,22). The van der Waals surface area contributed by atoms with Crippen molar-refractivity contribution in [1.29, 1.82) is 5.26 Å². The third kappa shape index (κ3) is 2.38. The molecule has 5 nitrogen and oxygen atoms in total. The lowest BCUT2D eigenvalue weighted by molar-refractivity contribution is 0.156. The van der Waals surface area contributed by atoms with Crippen molar-refractivity contribution in [2.45, 2.75) is 38.2 Å². The van der Waals surface area contributed by atoms with Gasteiger partial charge in [0.05, 0.1) is 29.4 Å². The highest BCUT2D eigenvalue weighted by Crippen LogP contribution is 2.36. The zero-order valence-corrected chi connectivity index (χ0v) is 12.5. The number of pyridine rings is 2. The van der Waals surface area contributed by atoms with Crippen molar-refractivity contribution in [1.82, 2.24) is 15.0 Å². The van der Waals surface area contributed by atoms with E-state index >= 15 is 0 Å². The van der Waals surface area contributed by atoms with Gasteiger partial charge >= 0.3 is 0 Å². The van der Waals surface area contributed by atoms with E-state index in [1.165, 1.54) is 12.5 Å². The maximum Gasteiger partial charge on any atom is 0.183 e. The Kier molecular flexibility index (Phi) is 3.34. The van der Waals surface area contributed by atoms with Gasteiger partial charge in [0.25, 0.3) is 0 Å². The molecule has 1 aliphatic carbocycles. The highest BCUT2D eigenvalue weighted by molar-refractivity contribution is 6.09. The van der Waals surface area contributed by atoms with Crippen molar-refractivity contribution >= 4 is 21.9 Å². The van der Waals surface area contributed by atoms with Crippen LogP contribution in [0.2, 0.25) is 0 Å². The third-order valence-electron chi connectivity index (χ3n) is 4.35. The Morgan fingerprint density at radius 1 is 1.22 bits per heavy atom. The molecule has 1 fully saturated rings. The van der Waals surface area contributed by atoms with Crippen LogP contribution in [0, 0.1) is 17.1 Å². The Morgan fingerprint density at radius 2 is 2.04 bits per heavy atom. The Bertz CT molecular complexity index is 922. The van der Waals surface area contributed by atoms with E-state index in [-0.39, 0.29) is 11.8 Å². The van der Waals surface area contributed by atoms with E-state index in [0.717, 1.165) is 31.9 Å². The molecular formula is C17H15FN4O. The van der Waals surface area contributed by atoms with Gasteiger partial charge in [0.1, 0.15) is 17.5 Å². The topological polar surface area (TPSA) is 74.6 Å². The van der Waals surface area contributed by atoms with Crippen LogP contribution in [0.5, 0.6) is 5.75 Å². The summed E-state index contributed by atoms with van der Waals surface area (Å²) >= 11 is 0. The van der Waals surface area contributed by atoms with Crippen LogP contribution in [0.4, 0.5) is 4.39 Å². The van der Waals surface area contributed by atoms with Crippen molar-refractivity contribution in [3.63, 3.8) is 0 Å². The molecule has 0 radical (unpaired) electrons. The molecule has 1 N–H and O–H groups in total. The number of aromatic amines is 1. The van der Waals surface area contributed by atoms with Crippen LogP contribution >= 0.6 is 0 Å². The first-order valence-corrected chi connectivity index (χ1v) is 7.79. The second-order valence-electron chi connectivity index (χ2n) is 5.89. The molecular weight excluding hydrogens is 295 g/mol. The average molecular weight is 310 g/mol. The van der Waals surface area contributed by atoms with E-state index in [1.54, 1.807) is 6.20 Å². The van der Waals surface area contributed by atoms with Gasteiger partial charge in [-0.2, -0.15) is 5.26 Å². The molecule has 116 valence electrons. The molecule has 23 heavy (non-hydrogen) atoms. The summed E-state index contributed by atoms with van der Waals surface area (Å²) in [5.41, 5.74) is 1.49. The molecule has 3 aromatic rings. The van der Waals surface area contributed by atoms with E-state index in [0.29, 0.717) is 27.7 Å². The molecule has 0 spiro atoms. The number of hydrogen-bond donors (Lipinski definition) is 1. The second-order valence-corrected chi connectivity index (χ2v) is 5.89. The molecule has 0 atom stereocenters. The summed E-state index contributed by atoms with van der Waals surface area (Å²) in [6.07, 6.45) is 8.22. The van der Waals surface area contributed by atoms with Crippen LogP contribution in [0.25, 0.3) is 21.9 Å². The molecule has 0 amide bonds. The van der Waals surface area contributed by atoms with Gasteiger partial charge in [0.2, 0.25) is 0 Å². The highest BCUT2D eigenvalue weighted by Gasteiger charge is 2.21. The highest BCUT2D eigenvalue weighted by atomic mass is 19.1. The zero-order valence-electron chi connectivity index (χ0n) is 12.5. The molecule has 3 aromatic heterocycles. The largest absolute Gasteiger partial charge is 0.487 e. The van der Waals surface area contributed by atoms with Crippen molar-refractivity contribution in [2.24, 2.45) is 0 Å². The van der Waals surface area contributed by atoms with Crippen LogP contribution in [-0.2, 0) is 0 Å². The second kappa shape index (κ2) is 5.51. The Hall–Kier alpha value is -2.68. The summed E-state index contributed by atoms with van der Waals surface area (Å²) in [4.78, 5) is 11.3. The van der Waals surface area contributed by atoms with E-state index < -0.39 is 5.82 Å². The van der Waals surface area contributed by atoms with Gasteiger partial charge in [-0.05, 0) is 31.7 Å². The van der Waals surface area contributed by atoms with Crippen molar-refractivity contribution in [3.05, 3.63) is 30.0 Å². The maximum absolute atomic E-state index is 13.6. The van der Waals surface area contributed by atoms with Crippen molar-refractivity contribution in [2.75, 3.05) is 0 Å². The summed E-state index contributed by atoms with van der Waals surface area (Å²) in [5, 5.41) is 10.7. The van der Waals surface area contributed by atoms with Crippen LogP contribution in [0.3, 0.4) is 0 Å². The van der Waals surface area contributed by atoms with E-state index in [4.69, 9.17) is 4.74 Å². The molecule has 0 unspecified atom stereocenters. The van der Waals surface area contributed by atoms with E-state index in [2.05, 4.69) is 21.0 Å². The van der Waals surface area contributed by atoms with Crippen LogP contribution in [0.15, 0.2) is 18.5 Å². The number of hydrogen-bond acceptors (Lipinski definition) is 4.